The van der Waals surface area contributed by atoms with Crippen LogP contribution in [0, 0.1) is 0 Å². The van der Waals surface area contributed by atoms with E-state index < -0.39 is 0 Å². The van der Waals surface area contributed by atoms with Gasteiger partial charge in [0.05, 0.1) is 7.11 Å². The molecule has 0 unspecified atom stereocenters. The van der Waals surface area contributed by atoms with E-state index >= 15 is 0 Å². The Morgan fingerprint density at radius 2 is 2.30 bits per heavy atom. The third-order valence-corrected chi connectivity index (χ3v) is 1.74. The van der Waals surface area contributed by atoms with Crippen LogP contribution in [0.25, 0.3) is 0 Å². The van der Waals surface area contributed by atoms with Gasteiger partial charge in [0.2, 0.25) is 0 Å². The monoisotopic (exact) mass is 145 g/mol. The molecule has 1 atom stereocenters. The predicted molar refractivity (Wildman–Crippen MR) is 38.6 cm³/mol. The first kappa shape index (κ1) is 7.98. The molecule has 0 spiro atoms. The Morgan fingerprint density at radius 3 is 3.10 bits per heavy atom. The van der Waals surface area contributed by atoms with Gasteiger partial charge in [0.1, 0.15) is 0 Å². The lowest BCUT2D eigenvalue weighted by Gasteiger charge is -2.12. The predicted octanol–water partition coefficient (Wildman–Crippen LogP) is 0.707. The van der Waals surface area contributed by atoms with Gasteiger partial charge < -0.3 is 9.57 Å². The van der Waals surface area contributed by atoms with E-state index in [2.05, 4.69) is 5.48 Å². The van der Waals surface area contributed by atoms with Crippen LogP contribution in [0.2, 0.25) is 0 Å². The molecule has 3 heteroatoms. The molecule has 0 aromatic carbocycles. The Hall–Kier alpha value is -0.120. The standard InChI is InChI=1S/C7H15NO2/c1-9-8-7-3-2-5-10-6-4-7/h7-8H,2-6H2,1H3/t7-/m1/s1. The van der Waals surface area contributed by atoms with Crippen LogP contribution in [0.3, 0.4) is 0 Å². The van der Waals surface area contributed by atoms with Crippen molar-refractivity contribution in [3.05, 3.63) is 0 Å². The Morgan fingerprint density at radius 1 is 1.40 bits per heavy atom. The molecule has 10 heavy (non-hydrogen) atoms. The van der Waals surface area contributed by atoms with E-state index in [1.807, 2.05) is 0 Å². The SMILES string of the molecule is CON[C@@H]1CCCOCC1. The van der Waals surface area contributed by atoms with Gasteiger partial charge in [-0.05, 0) is 19.3 Å². The minimum absolute atomic E-state index is 0.493. The lowest BCUT2D eigenvalue weighted by Crippen LogP contribution is -2.27. The van der Waals surface area contributed by atoms with Crippen LogP contribution in [0.15, 0.2) is 0 Å². The molecular weight excluding hydrogens is 130 g/mol. The number of hydrogen-bond donors (Lipinski definition) is 1. The summed E-state index contributed by atoms with van der Waals surface area (Å²) in [6.07, 6.45) is 3.36. The van der Waals surface area contributed by atoms with Gasteiger partial charge in [0, 0.05) is 19.3 Å². The van der Waals surface area contributed by atoms with Crippen LogP contribution in [0.1, 0.15) is 19.3 Å². The molecule has 60 valence electrons. The van der Waals surface area contributed by atoms with Crippen LogP contribution in [-0.2, 0) is 9.57 Å². The molecule has 1 fully saturated rings. The van der Waals surface area contributed by atoms with Crippen molar-refractivity contribution in [1.29, 1.82) is 0 Å². The maximum atomic E-state index is 5.28. The van der Waals surface area contributed by atoms with Crippen molar-refractivity contribution >= 4 is 0 Å². The van der Waals surface area contributed by atoms with Gasteiger partial charge in [-0.15, -0.1) is 0 Å². The fourth-order valence-electron chi connectivity index (χ4n) is 1.19. The Bertz CT molecular complexity index is 79.7. The largest absolute Gasteiger partial charge is 0.381 e. The van der Waals surface area contributed by atoms with Crippen LogP contribution in [-0.4, -0.2) is 26.4 Å². The third-order valence-electron chi connectivity index (χ3n) is 1.74. The molecule has 1 heterocycles. The van der Waals surface area contributed by atoms with E-state index in [9.17, 15) is 0 Å². The summed E-state index contributed by atoms with van der Waals surface area (Å²) >= 11 is 0. The fourth-order valence-corrected chi connectivity index (χ4v) is 1.19. The van der Waals surface area contributed by atoms with Crippen LogP contribution in [0.4, 0.5) is 0 Å². The van der Waals surface area contributed by atoms with Crippen molar-refractivity contribution in [3.63, 3.8) is 0 Å². The minimum Gasteiger partial charge on any atom is -0.381 e. The number of hydroxylamine groups is 1. The summed E-state index contributed by atoms with van der Waals surface area (Å²) in [4.78, 5) is 4.83. The summed E-state index contributed by atoms with van der Waals surface area (Å²) in [6.45, 7) is 1.77. The molecule has 0 saturated carbocycles. The van der Waals surface area contributed by atoms with E-state index in [0.717, 1.165) is 32.5 Å². The maximum absolute atomic E-state index is 5.28. The molecule has 0 aliphatic carbocycles. The molecule has 0 aromatic heterocycles. The molecule has 1 saturated heterocycles. The smallest absolute Gasteiger partial charge is 0.0572 e. The quantitative estimate of drug-likeness (QED) is 0.580. The molecule has 0 radical (unpaired) electrons. The van der Waals surface area contributed by atoms with Crippen molar-refractivity contribution in [2.24, 2.45) is 0 Å². The number of ether oxygens (including phenoxy) is 1. The van der Waals surface area contributed by atoms with Crippen molar-refractivity contribution in [2.45, 2.75) is 25.3 Å². The first-order valence-corrected chi connectivity index (χ1v) is 3.79. The molecule has 1 aliphatic heterocycles. The van der Waals surface area contributed by atoms with E-state index in [1.54, 1.807) is 7.11 Å². The topological polar surface area (TPSA) is 30.5 Å². The Kier molecular flexibility index (Phi) is 3.72. The van der Waals surface area contributed by atoms with Gasteiger partial charge in [0.25, 0.3) is 0 Å². The molecular formula is C7H15NO2. The minimum atomic E-state index is 0.493. The molecule has 3 nitrogen and oxygen atoms in total. The van der Waals surface area contributed by atoms with Crippen molar-refractivity contribution in [2.75, 3.05) is 20.3 Å². The second-order valence-electron chi connectivity index (χ2n) is 2.56. The molecule has 1 rings (SSSR count). The normalized spacial score (nSPS) is 27.9. The number of hydrogen-bond acceptors (Lipinski definition) is 3. The van der Waals surface area contributed by atoms with Gasteiger partial charge in [-0.1, -0.05) is 0 Å². The average Bonchev–Trinajstić information content (AvgIpc) is 2.17. The lowest BCUT2D eigenvalue weighted by atomic mass is 10.1. The van der Waals surface area contributed by atoms with Gasteiger partial charge in [0.15, 0.2) is 0 Å². The summed E-state index contributed by atoms with van der Waals surface area (Å²) < 4.78 is 5.28. The summed E-state index contributed by atoms with van der Waals surface area (Å²) in [5.74, 6) is 0. The molecule has 0 aromatic rings. The number of rotatable bonds is 2. The highest BCUT2D eigenvalue weighted by Crippen LogP contribution is 2.07. The first-order chi connectivity index (χ1) is 4.93. The third kappa shape index (κ3) is 2.64. The average molecular weight is 145 g/mol. The van der Waals surface area contributed by atoms with Crippen molar-refractivity contribution in [3.8, 4) is 0 Å². The van der Waals surface area contributed by atoms with Crippen molar-refractivity contribution in [1.82, 2.24) is 5.48 Å². The van der Waals surface area contributed by atoms with Crippen LogP contribution >= 0.6 is 0 Å². The second kappa shape index (κ2) is 4.66. The summed E-state index contributed by atoms with van der Waals surface area (Å²) in [6, 6.07) is 0.493. The first-order valence-electron chi connectivity index (χ1n) is 3.79. The highest BCUT2D eigenvalue weighted by atomic mass is 16.6. The summed E-state index contributed by atoms with van der Waals surface area (Å²) in [5.41, 5.74) is 2.94. The van der Waals surface area contributed by atoms with Gasteiger partial charge in [-0.3, -0.25) is 0 Å². The van der Waals surface area contributed by atoms with E-state index in [-0.39, 0.29) is 0 Å². The highest BCUT2D eigenvalue weighted by Gasteiger charge is 2.10. The van der Waals surface area contributed by atoms with Gasteiger partial charge >= 0.3 is 0 Å². The van der Waals surface area contributed by atoms with Gasteiger partial charge in [-0.2, -0.15) is 5.48 Å². The van der Waals surface area contributed by atoms with E-state index in [0.29, 0.717) is 6.04 Å². The number of nitrogens with one attached hydrogen (secondary N) is 1. The molecule has 0 bridgehead atoms. The zero-order valence-electron chi connectivity index (χ0n) is 6.43. The Labute approximate surface area is 61.7 Å². The van der Waals surface area contributed by atoms with E-state index in [1.165, 1.54) is 0 Å². The summed E-state index contributed by atoms with van der Waals surface area (Å²) in [7, 11) is 1.66. The highest BCUT2D eigenvalue weighted by molar-refractivity contribution is 4.64. The lowest BCUT2D eigenvalue weighted by molar-refractivity contribution is 0.0530. The van der Waals surface area contributed by atoms with Crippen LogP contribution < -0.4 is 5.48 Å². The molecule has 1 aliphatic rings. The fraction of sp³-hybridized carbons (Fsp3) is 1.00. The zero-order chi connectivity index (χ0) is 7.23. The van der Waals surface area contributed by atoms with Crippen LogP contribution in [0.5, 0.6) is 0 Å². The molecule has 0 amide bonds. The van der Waals surface area contributed by atoms with Gasteiger partial charge in [-0.25, -0.2) is 0 Å². The van der Waals surface area contributed by atoms with E-state index in [4.69, 9.17) is 9.57 Å². The summed E-state index contributed by atoms with van der Waals surface area (Å²) in [5, 5.41) is 0. The Balaban J connectivity index is 2.15. The second-order valence-corrected chi connectivity index (χ2v) is 2.56. The molecule has 1 N–H and O–H groups in total. The zero-order valence-corrected chi connectivity index (χ0v) is 6.43. The van der Waals surface area contributed by atoms with Crippen molar-refractivity contribution < 1.29 is 9.57 Å². The maximum Gasteiger partial charge on any atom is 0.0572 e.